The van der Waals surface area contributed by atoms with Gasteiger partial charge in [0, 0.05) is 13.2 Å². The molecule has 1 unspecified atom stereocenters. The lowest BCUT2D eigenvalue weighted by atomic mass is 10.0. The molecule has 2 aliphatic heterocycles. The van der Waals surface area contributed by atoms with Crippen LogP contribution in [0.4, 0.5) is 0 Å². The van der Waals surface area contributed by atoms with Crippen LogP contribution in [0, 0.1) is 0 Å². The molecule has 88 valence electrons. The van der Waals surface area contributed by atoms with Gasteiger partial charge in [0.1, 0.15) is 12.5 Å². The second kappa shape index (κ2) is 4.82. The van der Waals surface area contributed by atoms with Gasteiger partial charge in [-0.1, -0.05) is 12.7 Å². The SMILES string of the molecule is C=CC(/C=C(\C)C1=CN2N=CNC2C=C1)=N/C. The fourth-order valence-electron chi connectivity index (χ4n) is 1.72. The van der Waals surface area contributed by atoms with Gasteiger partial charge in [-0.2, -0.15) is 5.10 Å². The van der Waals surface area contributed by atoms with Gasteiger partial charge in [-0.3, -0.25) is 4.99 Å². The van der Waals surface area contributed by atoms with Crippen LogP contribution in [0.25, 0.3) is 0 Å². The third-order valence-electron chi connectivity index (χ3n) is 2.74. The van der Waals surface area contributed by atoms with Gasteiger partial charge < -0.3 is 5.32 Å². The molecule has 4 nitrogen and oxygen atoms in total. The van der Waals surface area contributed by atoms with Gasteiger partial charge >= 0.3 is 0 Å². The molecule has 0 spiro atoms. The van der Waals surface area contributed by atoms with Gasteiger partial charge in [0.25, 0.3) is 0 Å². The Hall–Kier alpha value is -2.10. The molecule has 1 N–H and O–H groups in total. The minimum absolute atomic E-state index is 0.158. The van der Waals surface area contributed by atoms with Gasteiger partial charge in [0.2, 0.25) is 0 Å². The first-order valence-electron chi connectivity index (χ1n) is 5.49. The fraction of sp³-hybridized carbons (Fsp3) is 0.231. The van der Waals surface area contributed by atoms with E-state index in [0.29, 0.717) is 0 Å². The second-order valence-corrected chi connectivity index (χ2v) is 3.86. The lowest BCUT2D eigenvalue weighted by Gasteiger charge is -2.22. The van der Waals surface area contributed by atoms with Crippen LogP contribution in [0.5, 0.6) is 0 Å². The molecule has 1 atom stereocenters. The minimum atomic E-state index is 0.158. The summed E-state index contributed by atoms with van der Waals surface area (Å²) in [5, 5.41) is 9.22. The Morgan fingerprint density at radius 2 is 2.47 bits per heavy atom. The quantitative estimate of drug-likeness (QED) is 0.748. The van der Waals surface area contributed by atoms with Crippen molar-refractivity contribution in [1.29, 1.82) is 0 Å². The molecule has 0 aromatic heterocycles. The molecule has 0 aromatic rings. The Morgan fingerprint density at radius 3 is 3.18 bits per heavy atom. The number of hydrogen-bond acceptors (Lipinski definition) is 4. The first kappa shape index (κ1) is 11.4. The van der Waals surface area contributed by atoms with Crippen LogP contribution in [-0.4, -0.2) is 30.3 Å². The molecular formula is C13H16N4. The summed E-state index contributed by atoms with van der Waals surface area (Å²) in [6.45, 7) is 5.78. The molecule has 0 aliphatic carbocycles. The number of hydrazone groups is 1. The zero-order valence-electron chi connectivity index (χ0n) is 10.1. The minimum Gasteiger partial charge on any atom is -0.350 e. The third-order valence-corrected chi connectivity index (χ3v) is 2.74. The van der Waals surface area contributed by atoms with Crippen molar-refractivity contribution < 1.29 is 0 Å². The average Bonchev–Trinajstić information content (AvgIpc) is 2.82. The predicted molar refractivity (Wildman–Crippen MR) is 71.8 cm³/mol. The van der Waals surface area contributed by atoms with E-state index in [4.69, 9.17) is 0 Å². The van der Waals surface area contributed by atoms with E-state index in [1.54, 1.807) is 19.5 Å². The summed E-state index contributed by atoms with van der Waals surface area (Å²) in [5.41, 5.74) is 3.15. The molecular weight excluding hydrogens is 212 g/mol. The van der Waals surface area contributed by atoms with E-state index in [1.807, 2.05) is 17.3 Å². The monoisotopic (exact) mass is 228 g/mol. The first-order chi connectivity index (χ1) is 8.24. The number of nitrogens with one attached hydrogen (secondary N) is 1. The molecule has 0 radical (unpaired) electrons. The van der Waals surface area contributed by atoms with Crippen molar-refractivity contribution in [2.24, 2.45) is 10.1 Å². The molecule has 2 rings (SSSR count). The van der Waals surface area contributed by atoms with Crippen LogP contribution in [0.2, 0.25) is 0 Å². The van der Waals surface area contributed by atoms with E-state index < -0.39 is 0 Å². The van der Waals surface area contributed by atoms with Gasteiger partial charge in [0.15, 0.2) is 0 Å². The summed E-state index contributed by atoms with van der Waals surface area (Å²) in [4.78, 5) is 4.12. The summed E-state index contributed by atoms with van der Waals surface area (Å²) < 4.78 is 0. The third kappa shape index (κ3) is 2.36. The highest BCUT2D eigenvalue weighted by Crippen LogP contribution is 2.20. The van der Waals surface area contributed by atoms with Gasteiger partial charge in [0.05, 0.1) is 5.71 Å². The van der Waals surface area contributed by atoms with Gasteiger partial charge in [-0.25, -0.2) is 5.01 Å². The molecule has 2 heterocycles. The van der Waals surface area contributed by atoms with Crippen LogP contribution in [0.1, 0.15) is 6.92 Å². The molecule has 0 amide bonds. The maximum Gasteiger partial charge on any atom is 0.140 e. The predicted octanol–water partition coefficient (Wildman–Crippen LogP) is 1.82. The standard InChI is InChI=1S/C13H16N4/c1-4-12(14-3)7-10(2)11-5-6-13-15-9-16-17(13)8-11/h4-9,13H,1H2,2-3H3,(H,15,16)/b10-7+,14-12-. The summed E-state index contributed by atoms with van der Waals surface area (Å²) in [6.07, 6.45) is 11.8. The van der Waals surface area contributed by atoms with Crippen molar-refractivity contribution in [2.75, 3.05) is 7.05 Å². The van der Waals surface area contributed by atoms with Crippen LogP contribution < -0.4 is 5.32 Å². The van der Waals surface area contributed by atoms with E-state index in [0.717, 1.165) is 16.9 Å². The molecule has 0 bridgehead atoms. The summed E-state index contributed by atoms with van der Waals surface area (Å²) in [6, 6.07) is 0. The van der Waals surface area contributed by atoms with Crippen molar-refractivity contribution in [1.82, 2.24) is 10.3 Å². The molecule has 0 saturated heterocycles. The number of hydrogen-bond donors (Lipinski definition) is 1. The summed E-state index contributed by atoms with van der Waals surface area (Å²) >= 11 is 0. The molecule has 17 heavy (non-hydrogen) atoms. The Kier molecular flexibility index (Phi) is 3.23. The molecule has 4 heteroatoms. The molecule has 0 fully saturated rings. The van der Waals surface area contributed by atoms with E-state index in [2.05, 4.69) is 41.1 Å². The van der Waals surface area contributed by atoms with E-state index >= 15 is 0 Å². The number of aliphatic imine (C=N–C) groups is 1. The van der Waals surface area contributed by atoms with Crippen LogP contribution >= 0.6 is 0 Å². The van der Waals surface area contributed by atoms with Crippen molar-refractivity contribution in [3.05, 3.63) is 48.2 Å². The number of rotatable bonds is 3. The van der Waals surface area contributed by atoms with Crippen molar-refractivity contribution in [3.63, 3.8) is 0 Å². The van der Waals surface area contributed by atoms with Gasteiger partial charge in [-0.05, 0) is 36.3 Å². The Labute approximate surface area is 101 Å². The number of nitrogens with zero attached hydrogens (tertiary/aromatic N) is 3. The Balaban J connectivity index is 2.21. The number of fused-ring (bicyclic) bond motifs is 1. The fourth-order valence-corrected chi connectivity index (χ4v) is 1.72. The second-order valence-electron chi connectivity index (χ2n) is 3.86. The smallest absolute Gasteiger partial charge is 0.140 e. The molecule has 0 saturated carbocycles. The average molecular weight is 228 g/mol. The van der Waals surface area contributed by atoms with E-state index in [-0.39, 0.29) is 6.17 Å². The Bertz CT molecular complexity index is 466. The maximum atomic E-state index is 4.20. The zero-order valence-corrected chi connectivity index (χ0v) is 10.1. The van der Waals surface area contributed by atoms with Crippen LogP contribution in [-0.2, 0) is 0 Å². The van der Waals surface area contributed by atoms with Crippen molar-refractivity contribution in [2.45, 2.75) is 13.1 Å². The zero-order chi connectivity index (χ0) is 12.3. The summed E-state index contributed by atoms with van der Waals surface area (Å²) in [7, 11) is 1.76. The summed E-state index contributed by atoms with van der Waals surface area (Å²) in [5.74, 6) is 0. The highest BCUT2D eigenvalue weighted by Gasteiger charge is 2.19. The van der Waals surface area contributed by atoms with Crippen molar-refractivity contribution >= 4 is 12.1 Å². The van der Waals surface area contributed by atoms with Crippen LogP contribution in [0.3, 0.4) is 0 Å². The maximum absolute atomic E-state index is 4.20. The lowest BCUT2D eigenvalue weighted by Crippen LogP contribution is -2.32. The lowest BCUT2D eigenvalue weighted by molar-refractivity contribution is 0.347. The van der Waals surface area contributed by atoms with Gasteiger partial charge in [-0.15, -0.1) is 0 Å². The Morgan fingerprint density at radius 1 is 1.65 bits per heavy atom. The van der Waals surface area contributed by atoms with Crippen LogP contribution in [0.15, 0.2) is 58.3 Å². The highest BCUT2D eigenvalue weighted by atomic mass is 15.6. The van der Waals surface area contributed by atoms with E-state index in [1.165, 1.54) is 0 Å². The first-order valence-corrected chi connectivity index (χ1v) is 5.49. The topological polar surface area (TPSA) is 40.0 Å². The highest BCUT2D eigenvalue weighted by molar-refractivity contribution is 6.04. The normalized spacial score (nSPS) is 23.3. The largest absolute Gasteiger partial charge is 0.350 e. The number of allylic oxidation sites excluding steroid dienone is 5. The molecule has 0 aromatic carbocycles. The van der Waals surface area contributed by atoms with Crippen molar-refractivity contribution in [3.8, 4) is 0 Å². The molecule has 2 aliphatic rings. The van der Waals surface area contributed by atoms with E-state index in [9.17, 15) is 0 Å².